The molecule has 4 aromatic heterocycles. The van der Waals surface area contributed by atoms with Gasteiger partial charge in [-0.3, -0.25) is 18.8 Å². The molecule has 2 saturated carbocycles. The van der Waals surface area contributed by atoms with Crippen molar-refractivity contribution >= 4 is 44.4 Å². The predicted molar refractivity (Wildman–Crippen MR) is 246 cm³/mol. The van der Waals surface area contributed by atoms with Crippen LogP contribution < -0.4 is 0 Å². The second-order valence-corrected chi connectivity index (χ2v) is 18.7. The molecule has 7 aliphatic rings. The molecule has 4 aromatic rings. The summed E-state index contributed by atoms with van der Waals surface area (Å²) in [6.07, 6.45) is 34.2. The number of ether oxygens (including phenoxy) is 2. The molecular formula is C48H66BBrN6O4. The van der Waals surface area contributed by atoms with E-state index in [2.05, 4.69) is 94.1 Å². The first-order valence-corrected chi connectivity index (χ1v) is 22.6. The van der Waals surface area contributed by atoms with Crippen LogP contribution in [0.2, 0.25) is 0 Å². The summed E-state index contributed by atoms with van der Waals surface area (Å²) in [7, 11) is -0.182. The maximum Gasteiger partial charge on any atom is 0.490 e. The fourth-order valence-corrected chi connectivity index (χ4v) is 10.0. The van der Waals surface area contributed by atoms with Gasteiger partial charge in [0.15, 0.2) is 11.3 Å². The third-order valence-corrected chi connectivity index (χ3v) is 14.3. The first-order valence-electron chi connectivity index (χ1n) is 21.8. The Morgan fingerprint density at radius 2 is 1.17 bits per heavy atom. The second kappa shape index (κ2) is 18.9. The quantitative estimate of drug-likeness (QED) is 0.187. The molecule has 0 atom stereocenters. The van der Waals surface area contributed by atoms with Crippen molar-refractivity contribution in [3.63, 3.8) is 0 Å². The standard InChI is InChI=1S/C20H23N3O.C15H16BrN3.C11H19BO3.2CH4/c1-2-4-15(5-3-1)18-13-23-19(22-18)12-21-17-7-6-16(20(17)23)14-8-10-24-11-9-14;16-11-6-7-12-15(11)19-9-13(18-14(19)8-17-12)10-4-2-1-3-5-10;1-10(2)11(3,4)15-12(14-10)9-5-7-13-8-6-9;;/h6,8,12-13,15H,1-5,7,9-11H2;6,8-10H,1-5,7H2;5H,6-8H2,1-4H3;2*1H4. The molecule has 0 radical (unpaired) electrons. The van der Waals surface area contributed by atoms with E-state index in [1.54, 1.807) is 0 Å². The minimum absolute atomic E-state index is 0. The van der Waals surface area contributed by atoms with E-state index in [9.17, 15) is 0 Å². The molecule has 1 saturated heterocycles. The lowest BCUT2D eigenvalue weighted by Gasteiger charge is -2.32. The van der Waals surface area contributed by atoms with Crippen molar-refractivity contribution in [2.24, 2.45) is 0 Å². The van der Waals surface area contributed by atoms with Crippen LogP contribution in [-0.4, -0.2) is 73.5 Å². The molecule has 0 aromatic carbocycles. The highest BCUT2D eigenvalue weighted by Gasteiger charge is 2.52. The van der Waals surface area contributed by atoms with Gasteiger partial charge in [0.1, 0.15) is 0 Å². The Bertz CT molecular complexity index is 2260. The van der Waals surface area contributed by atoms with Gasteiger partial charge in [-0.1, -0.05) is 77.7 Å². The van der Waals surface area contributed by atoms with E-state index in [1.165, 1.54) is 109 Å². The highest BCUT2D eigenvalue weighted by atomic mass is 79.9. The average Bonchev–Trinajstić information content (AvgIpc) is 4.09. The van der Waals surface area contributed by atoms with Crippen LogP contribution in [0.15, 0.2) is 60.1 Å². The molecule has 0 spiro atoms. The lowest BCUT2D eigenvalue weighted by atomic mass is 9.75. The molecule has 322 valence electrons. The van der Waals surface area contributed by atoms with E-state index >= 15 is 0 Å². The summed E-state index contributed by atoms with van der Waals surface area (Å²) in [5.74, 6) is 1.28. The van der Waals surface area contributed by atoms with Crippen LogP contribution in [0.25, 0.3) is 21.3 Å². The van der Waals surface area contributed by atoms with Gasteiger partial charge in [0.2, 0.25) is 0 Å². The zero-order valence-corrected chi connectivity index (χ0v) is 36.4. The zero-order valence-electron chi connectivity index (χ0n) is 34.8. The number of rotatable bonds is 4. The van der Waals surface area contributed by atoms with Crippen molar-refractivity contribution in [1.82, 2.24) is 28.7 Å². The van der Waals surface area contributed by atoms with Gasteiger partial charge in [-0.05, 0) is 98.8 Å². The number of halogens is 1. The maximum atomic E-state index is 5.96. The number of hydrogen-bond acceptors (Lipinski definition) is 8. The van der Waals surface area contributed by atoms with Crippen molar-refractivity contribution in [3.05, 3.63) is 94.3 Å². The van der Waals surface area contributed by atoms with E-state index < -0.39 is 0 Å². The van der Waals surface area contributed by atoms with Crippen molar-refractivity contribution in [2.75, 3.05) is 26.4 Å². The lowest BCUT2D eigenvalue weighted by Crippen LogP contribution is -2.41. The van der Waals surface area contributed by atoms with Gasteiger partial charge in [0.25, 0.3) is 0 Å². The van der Waals surface area contributed by atoms with E-state index in [-0.39, 0.29) is 33.2 Å². The first-order chi connectivity index (χ1) is 28.1. The molecule has 3 aliphatic heterocycles. The fourth-order valence-electron chi connectivity index (χ4n) is 9.45. The maximum absolute atomic E-state index is 5.96. The van der Waals surface area contributed by atoms with Crippen molar-refractivity contribution < 1.29 is 18.8 Å². The Hall–Kier alpha value is -3.42. The minimum Gasteiger partial charge on any atom is -0.400 e. The molecule has 3 fully saturated rings. The number of imidazole rings is 2. The number of nitrogens with zero attached hydrogens (tertiary/aromatic N) is 6. The SMILES string of the molecule is BrC1=CCc2ncc3nc(C4CCCCC4)cn3c21.C.C.C1=C(C2=CCc3ncc4nc(C5CCCCC5)cn4c32)CCOC1.CC1(C)OB(C2=CCOCC2)OC1(C)C. The molecule has 11 rings (SSSR count). The highest BCUT2D eigenvalue weighted by molar-refractivity contribution is 9.15. The molecular weight excluding hydrogens is 815 g/mol. The second-order valence-electron chi connectivity index (χ2n) is 17.9. The summed E-state index contributed by atoms with van der Waals surface area (Å²) in [5.41, 5.74) is 12.8. The third kappa shape index (κ3) is 9.05. The molecule has 4 aliphatic carbocycles. The number of hydrogen-bond donors (Lipinski definition) is 0. The monoisotopic (exact) mass is 880 g/mol. The Morgan fingerprint density at radius 3 is 1.70 bits per heavy atom. The molecule has 0 bridgehead atoms. The molecule has 60 heavy (non-hydrogen) atoms. The van der Waals surface area contributed by atoms with Gasteiger partial charge in [-0.25, -0.2) is 9.97 Å². The lowest BCUT2D eigenvalue weighted by molar-refractivity contribution is 0.00578. The molecule has 0 amide bonds. The molecule has 0 N–H and O–H groups in total. The Balaban J connectivity index is 0.000000138. The summed E-state index contributed by atoms with van der Waals surface area (Å²) in [6.45, 7) is 11.3. The normalized spacial score (nSPS) is 22.2. The Kier molecular flexibility index (Phi) is 14.1. The first kappa shape index (κ1) is 44.6. The van der Waals surface area contributed by atoms with Crippen LogP contribution in [-0.2, 0) is 31.6 Å². The predicted octanol–water partition coefficient (Wildman–Crippen LogP) is 11.4. The van der Waals surface area contributed by atoms with Gasteiger partial charge in [0, 0.05) is 41.6 Å². The largest absolute Gasteiger partial charge is 0.490 e. The third-order valence-electron chi connectivity index (χ3n) is 13.6. The van der Waals surface area contributed by atoms with Crippen LogP contribution in [0.5, 0.6) is 0 Å². The topological polar surface area (TPSA) is 97.3 Å². The van der Waals surface area contributed by atoms with Gasteiger partial charge in [-0.15, -0.1) is 0 Å². The minimum atomic E-state index is -0.239. The number of allylic oxidation sites excluding steroid dienone is 3. The van der Waals surface area contributed by atoms with Gasteiger partial charge >= 0.3 is 7.12 Å². The number of aromatic nitrogens is 6. The van der Waals surface area contributed by atoms with Crippen molar-refractivity contribution in [3.8, 4) is 0 Å². The molecule has 12 heteroatoms. The van der Waals surface area contributed by atoms with E-state index in [0.717, 1.165) is 67.0 Å². The molecule has 0 unspecified atom stereocenters. The van der Waals surface area contributed by atoms with Gasteiger partial charge in [0.05, 0.1) is 84.2 Å². The van der Waals surface area contributed by atoms with Gasteiger partial charge in [-0.2, -0.15) is 0 Å². The smallest absolute Gasteiger partial charge is 0.400 e. The summed E-state index contributed by atoms with van der Waals surface area (Å²) in [6, 6.07) is 0. The van der Waals surface area contributed by atoms with Crippen molar-refractivity contribution in [2.45, 2.75) is 155 Å². The van der Waals surface area contributed by atoms with Crippen LogP contribution in [0.3, 0.4) is 0 Å². The van der Waals surface area contributed by atoms with Crippen molar-refractivity contribution in [1.29, 1.82) is 0 Å². The van der Waals surface area contributed by atoms with Crippen LogP contribution in [0.4, 0.5) is 0 Å². The molecule has 10 nitrogen and oxygen atoms in total. The van der Waals surface area contributed by atoms with Crippen LogP contribution in [0.1, 0.15) is 166 Å². The summed E-state index contributed by atoms with van der Waals surface area (Å²) in [5, 5.41) is 0. The zero-order chi connectivity index (χ0) is 39.9. The Labute approximate surface area is 366 Å². The van der Waals surface area contributed by atoms with E-state index in [4.69, 9.17) is 33.7 Å². The summed E-state index contributed by atoms with van der Waals surface area (Å²) in [4.78, 5) is 19.0. The molecule has 7 heterocycles. The van der Waals surface area contributed by atoms with Gasteiger partial charge < -0.3 is 18.8 Å². The summed E-state index contributed by atoms with van der Waals surface area (Å²) < 4.78 is 28.3. The summed E-state index contributed by atoms with van der Waals surface area (Å²) >= 11 is 3.64. The number of fused-ring (bicyclic) bond motifs is 6. The van der Waals surface area contributed by atoms with Crippen LogP contribution >= 0.6 is 15.9 Å². The van der Waals surface area contributed by atoms with E-state index in [0.29, 0.717) is 18.4 Å². The fraction of sp³-hybridized carbons (Fsp3) is 0.583. The van der Waals surface area contributed by atoms with Crippen LogP contribution in [0, 0.1) is 0 Å². The average molecular weight is 882 g/mol. The highest BCUT2D eigenvalue weighted by Crippen LogP contribution is 2.40. The van der Waals surface area contributed by atoms with E-state index in [1.807, 2.05) is 12.4 Å². The Morgan fingerprint density at radius 1 is 0.650 bits per heavy atom.